The van der Waals surface area contributed by atoms with Crippen LogP contribution in [0, 0.1) is 11.8 Å². The highest BCUT2D eigenvalue weighted by atomic mass is 32.2. The number of piperidine rings is 1. The van der Waals surface area contributed by atoms with Crippen LogP contribution in [0.1, 0.15) is 6.42 Å². The zero-order chi connectivity index (χ0) is 8.88. The number of primary amides is 1. The number of fused-ring (bicyclic) bond motifs is 1. The molecule has 12 heavy (non-hydrogen) atoms. The maximum atomic E-state index is 10.8. The van der Waals surface area contributed by atoms with Crippen molar-refractivity contribution in [2.75, 3.05) is 0 Å². The molecule has 2 aliphatic rings. The second-order valence-electron chi connectivity index (χ2n) is 3.13. The molecule has 0 spiro atoms. The summed E-state index contributed by atoms with van der Waals surface area (Å²) in [7, 11) is -2.22. The lowest BCUT2D eigenvalue weighted by Crippen LogP contribution is -2.41. The first kappa shape index (κ1) is 7.75. The summed E-state index contributed by atoms with van der Waals surface area (Å²) in [5.74, 6) is -0.320. The van der Waals surface area contributed by atoms with E-state index in [1.165, 1.54) is 0 Å². The third-order valence-electron chi connectivity index (χ3n) is 2.39. The number of carbonyl (C=O) groups is 1. The van der Waals surface area contributed by atoms with Gasteiger partial charge in [0.1, 0.15) is 4.99 Å². The number of nitrogens with one attached hydrogen (secondary N) is 1. The van der Waals surface area contributed by atoms with Crippen LogP contribution in [0.25, 0.3) is 0 Å². The van der Waals surface area contributed by atoms with Crippen LogP contribution in [0.2, 0.25) is 0 Å². The van der Waals surface area contributed by atoms with Crippen molar-refractivity contribution in [2.24, 2.45) is 17.6 Å². The van der Waals surface area contributed by atoms with E-state index in [4.69, 9.17) is 5.73 Å². The van der Waals surface area contributed by atoms with E-state index in [0.29, 0.717) is 0 Å². The molecule has 0 radical (unpaired) electrons. The average molecular weight is 188 g/mol. The fraction of sp³-hybridized carbons (Fsp3) is 0.667. The summed E-state index contributed by atoms with van der Waals surface area (Å²) < 4.78 is 21.1. The summed E-state index contributed by atoms with van der Waals surface area (Å²) >= 11 is 0. The molecule has 0 aromatic heterocycles. The van der Waals surface area contributed by atoms with E-state index in [1.54, 1.807) is 0 Å². The summed E-state index contributed by atoms with van der Waals surface area (Å²) in [6.45, 7) is 0. The summed E-state index contributed by atoms with van der Waals surface area (Å²) in [6, 6.07) is -0.470. The molecular formula is C6H8N2O3S. The number of hydrogen-bond acceptors (Lipinski definition) is 3. The van der Waals surface area contributed by atoms with Gasteiger partial charge in [-0.1, -0.05) is 0 Å². The van der Waals surface area contributed by atoms with Crippen LogP contribution >= 0.6 is 0 Å². The van der Waals surface area contributed by atoms with Gasteiger partial charge in [0, 0.05) is 5.92 Å². The summed E-state index contributed by atoms with van der Waals surface area (Å²) in [5, 5.41) is 2.62. The van der Waals surface area contributed by atoms with Crippen LogP contribution in [0.5, 0.6) is 0 Å². The average Bonchev–Trinajstić information content (AvgIpc) is 2.63. The minimum Gasteiger partial charge on any atom is -0.368 e. The topological polar surface area (TPSA) is 89.3 Å². The summed E-state index contributed by atoms with van der Waals surface area (Å²) in [4.78, 5) is 11.0. The Kier molecular flexibility index (Phi) is 1.49. The van der Waals surface area contributed by atoms with Crippen LogP contribution in [0.3, 0.4) is 0 Å². The van der Waals surface area contributed by atoms with Crippen molar-refractivity contribution < 1.29 is 13.2 Å². The molecule has 5 nitrogen and oxygen atoms in total. The Hall–Kier alpha value is -0.880. The normalized spacial score (nSPS) is 37.7. The summed E-state index contributed by atoms with van der Waals surface area (Å²) in [6.07, 6.45) is 0.768. The van der Waals surface area contributed by atoms with Crippen molar-refractivity contribution in [3.63, 3.8) is 0 Å². The van der Waals surface area contributed by atoms with Crippen molar-refractivity contribution in [1.29, 1.82) is 0 Å². The summed E-state index contributed by atoms with van der Waals surface area (Å²) in [5.41, 5.74) is 5.06. The van der Waals surface area contributed by atoms with Crippen molar-refractivity contribution in [2.45, 2.75) is 12.5 Å². The van der Waals surface area contributed by atoms with Gasteiger partial charge in [0.2, 0.25) is 16.2 Å². The van der Waals surface area contributed by atoms with Crippen LogP contribution in [-0.2, 0) is 15.1 Å². The van der Waals surface area contributed by atoms with Crippen molar-refractivity contribution in [3.8, 4) is 0 Å². The van der Waals surface area contributed by atoms with Gasteiger partial charge < -0.3 is 5.73 Å². The highest BCUT2D eigenvalue weighted by Crippen LogP contribution is 2.46. The lowest BCUT2D eigenvalue weighted by molar-refractivity contribution is -0.119. The molecule has 66 valence electrons. The Morgan fingerprint density at radius 1 is 1.58 bits per heavy atom. The molecule has 3 N–H and O–H groups in total. The second kappa shape index (κ2) is 2.30. The van der Waals surface area contributed by atoms with E-state index in [0.717, 1.165) is 6.42 Å². The van der Waals surface area contributed by atoms with Gasteiger partial charge in [0.25, 0.3) is 0 Å². The zero-order valence-corrected chi connectivity index (χ0v) is 6.97. The zero-order valence-electron chi connectivity index (χ0n) is 6.15. The van der Waals surface area contributed by atoms with Crippen LogP contribution in [0.15, 0.2) is 0 Å². The molecule has 2 rings (SSSR count). The lowest BCUT2D eigenvalue weighted by Gasteiger charge is -2.06. The Bertz CT molecular complexity index is 364. The van der Waals surface area contributed by atoms with Gasteiger partial charge in [-0.15, -0.1) is 0 Å². The van der Waals surface area contributed by atoms with E-state index >= 15 is 0 Å². The molecule has 1 saturated heterocycles. The first-order chi connectivity index (χ1) is 5.61. The predicted octanol–water partition coefficient (Wildman–Crippen LogP) is -1.91. The molecule has 1 aliphatic heterocycles. The number of hydrogen-bond donors (Lipinski definition) is 2. The van der Waals surface area contributed by atoms with E-state index in [2.05, 4.69) is 5.32 Å². The maximum Gasteiger partial charge on any atom is 0.235 e. The van der Waals surface area contributed by atoms with Gasteiger partial charge in [0.05, 0.1) is 6.04 Å². The van der Waals surface area contributed by atoms with Gasteiger partial charge in [0.15, 0.2) is 0 Å². The van der Waals surface area contributed by atoms with Crippen molar-refractivity contribution >= 4 is 21.2 Å². The molecular weight excluding hydrogens is 180 g/mol. The molecule has 0 aromatic carbocycles. The van der Waals surface area contributed by atoms with Gasteiger partial charge in [-0.2, -0.15) is 8.42 Å². The van der Waals surface area contributed by atoms with Crippen LogP contribution < -0.4 is 11.1 Å². The van der Waals surface area contributed by atoms with Crippen molar-refractivity contribution in [1.82, 2.24) is 5.32 Å². The van der Waals surface area contributed by atoms with Gasteiger partial charge in [-0.3, -0.25) is 10.1 Å². The number of carbonyl (C=O) groups excluding carboxylic acids is 1. The minimum absolute atomic E-state index is 0.0285. The largest absolute Gasteiger partial charge is 0.368 e. The third-order valence-corrected chi connectivity index (χ3v) is 3.17. The Balaban J connectivity index is 2.32. The molecule has 2 fully saturated rings. The SMILES string of the molecule is NC(=O)C1NC(=S(=O)=O)C2CC21. The van der Waals surface area contributed by atoms with Gasteiger partial charge in [-0.25, -0.2) is 0 Å². The van der Waals surface area contributed by atoms with E-state index in [1.807, 2.05) is 0 Å². The highest BCUT2D eigenvalue weighted by molar-refractivity contribution is 7.73. The quantitative estimate of drug-likeness (QED) is 0.470. The third kappa shape index (κ3) is 0.953. The Morgan fingerprint density at radius 2 is 2.25 bits per heavy atom. The Morgan fingerprint density at radius 3 is 2.58 bits per heavy atom. The Labute approximate surface area is 70.5 Å². The van der Waals surface area contributed by atoms with Crippen LogP contribution in [-0.4, -0.2) is 25.4 Å². The maximum absolute atomic E-state index is 10.8. The molecule has 3 atom stereocenters. The van der Waals surface area contributed by atoms with E-state index < -0.39 is 22.2 Å². The predicted molar refractivity (Wildman–Crippen MR) is 41.6 cm³/mol. The van der Waals surface area contributed by atoms with Crippen LogP contribution in [0.4, 0.5) is 0 Å². The van der Waals surface area contributed by atoms with Crippen molar-refractivity contribution in [3.05, 3.63) is 0 Å². The molecule has 6 heteroatoms. The fourth-order valence-electron chi connectivity index (χ4n) is 1.71. The first-order valence-corrected chi connectivity index (χ1v) is 4.70. The molecule has 1 amide bonds. The van der Waals surface area contributed by atoms with Gasteiger partial charge >= 0.3 is 0 Å². The smallest absolute Gasteiger partial charge is 0.235 e. The van der Waals surface area contributed by atoms with E-state index in [-0.39, 0.29) is 16.8 Å². The minimum atomic E-state index is -2.22. The first-order valence-electron chi connectivity index (χ1n) is 3.63. The molecule has 1 aliphatic carbocycles. The monoisotopic (exact) mass is 188 g/mol. The van der Waals surface area contributed by atoms with E-state index in [9.17, 15) is 13.2 Å². The molecule has 0 bridgehead atoms. The van der Waals surface area contributed by atoms with Gasteiger partial charge in [-0.05, 0) is 12.3 Å². The molecule has 1 saturated carbocycles. The highest BCUT2D eigenvalue weighted by Gasteiger charge is 2.55. The molecule has 0 aromatic rings. The number of amides is 1. The lowest BCUT2D eigenvalue weighted by atomic mass is 10.2. The molecule has 1 heterocycles. The number of rotatable bonds is 1. The number of nitrogens with two attached hydrogens (primary N) is 1. The molecule has 3 unspecified atom stereocenters. The second-order valence-corrected chi connectivity index (χ2v) is 4.04. The fourth-order valence-corrected chi connectivity index (χ4v) is 2.45. The standard InChI is InChI=1S/C6H8N2O3S/c7-5(9)4-2-1-3(2)6(8-4)12(10)11/h2-4,8H,1H2,(H2,7,9).